The van der Waals surface area contributed by atoms with Crippen LogP contribution in [0.25, 0.3) is 0 Å². The fourth-order valence-corrected chi connectivity index (χ4v) is 4.92. The van der Waals surface area contributed by atoms with Crippen LogP contribution in [0.5, 0.6) is 0 Å². The minimum absolute atomic E-state index is 0.0661. The topological polar surface area (TPSA) is 87.5 Å². The number of carbonyl (C=O) groups excluding carboxylic acids is 1. The number of benzene rings is 2. The van der Waals surface area contributed by atoms with Gasteiger partial charge in [-0.25, -0.2) is 12.8 Å². The Hall–Kier alpha value is -3.24. The van der Waals surface area contributed by atoms with Crippen LogP contribution >= 0.6 is 0 Å². The minimum Gasteiger partial charge on any atom is -0.369 e. The summed E-state index contributed by atoms with van der Waals surface area (Å²) >= 11 is 0. The van der Waals surface area contributed by atoms with Crippen molar-refractivity contribution >= 4 is 27.4 Å². The van der Waals surface area contributed by atoms with Crippen molar-refractivity contribution in [2.24, 2.45) is 7.05 Å². The van der Waals surface area contributed by atoms with Gasteiger partial charge >= 0.3 is 0 Å². The summed E-state index contributed by atoms with van der Waals surface area (Å²) in [5.74, 6) is -0.355. The average molecular weight is 444 g/mol. The lowest BCUT2D eigenvalue weighted by Gasteiger charge is -2.35. The molecule has 2 aromatic carbocycles. The number of piperazine rings is 1. The van der Waals surface area contributed by atoms with Crippen molar-refractivity contribution in [2.45, 2.75) is 4.90 Å². The molecule has 3 aromatic rings. The van der Waals surface area contributed by atoms with Crippen LogP contribution in [0, 0.1) is 5.82 Å². The van der Waals surface area contributed by atoms with Gasteiger partial charge in [0.25, 0.3) is 5.91 Å². The predicted octanol–water partition coefficient (Wildman–Crippen LogP) is 2.32. The second-order valence-corrected chi connectivity index (χ2v) is 9.16. The molecule has 8 nitrogen and oxygen atoms in total. The van der Waals surface area contributed by atoms with Crippen LogP contribution in [-0.2, 0) is 17.1 Å². The summed E-state index contributed by atoms with van der Waals surface area (Å²) in [6.45, 7) is 1.57. The molecule has 0 atom stereocenters. The molecular weight excluding hydrogens is 421 g/mol. The van der Waals surface area contributed by atoms with E-state index in [2.05, 4.69) is 10.4 Å². The normalized spacial score (nSPS) is 15.1. The maximum Gasteiger partial charge on any atom is 0.256 e. The van der Waals surface area contributed by atoms with Crippen molar-refractivity contribution in [1.82, 2.24) is 14.1 Å². The lowest BCUT2D eigenvalue weighted by molar-refractivity contribution is 0.102. The zero-order valence-corrected chi connectivity index (χ0v) is 17.7. The molecule has 31 heavy (non-hydrogen) atoms. The summed E-state index contributed by atoms with van der Waals surface area (Å²) in [5, 5.41) is 6.74. The maximum atomic E-state index is 13.1. The molecule has 4 rings (SSSR count). The van der Waals surface area contributed by atoms with E-state index in [4.69, 9.17) is 0 Å². The van der Waals surface area contributed by atoms with Crippen molar-refractivity contribution in [2.75, 3.05) is 36.4 Å². The standard InChI is InChI=1S/C21H22FN5O3S/c1-25-10-9-20(24-25)23-21(28)16-3-2-4-19(15-16)31(29,30)27-13-11-26(12-14-27)18-7-5-17(22)6-8-18/h2-10,15H,11-14H2,1H3,(H,23,24,28). The van der Waals surface area contributed by atoms with E-state index in [-0.39, 0.29) is 16.3 Å². The molecule has 0 saturated carbocycles. The van der Waals surface area contributed by atoms with Gasteiger partial charge in [-0.3, -0.25) is 9.48 Å². The third kappa shape index (κ3) is 4.59. The molecule has 162 valence electrons. The summed E-state index contributed by atoms with van der Waals surface area (Å²) < 4.78 is 42.3. The first-order valence-electron chi connectivity index (χ1n) is 9.75. The molecule has 1 amide bonds. The Morgan fingerprint density at radius 2 is 1.74 bits per heavy atom. The summed E-state index contributed by atoms with van der Waals surface area (Å²) in [6.07, 6.45) is 1.70. The minimum atomic E-state index is -3.75. The summed E-state index contributed by atoms with van der Waals surface area (Å²) in [4.78, 5) is 14.6. The number of hydrogen-bond donors (Lipinski definition) is 1. The van der Waals surface area contributed by atoms with Crippen molar-refractivity contribution in [1.29, 1.82) is 0 Å². The number of halogens is 1. The van der Waals surface area contributed by atoms with Gasteiger partial charge in [0.05, 0.1) is 4.90 Å². The first kappa shape index (κ1) is 21.0. The number of carbonyl (C=O) groups is 1. The van der Waals surface area contributed by atoms with E-state index < -0.39 is 15.9 Å². The fraction of sp³-hybridized carbons (Fsp3) is 0.238. The molecule has 1 N–H and O–H groups in total. The van der Waals surface area contributed by atoms with Gasteiger partial charge in [-0.2, -0.15) is 9.40 Å². The van der Waals surface area contributed by atoms with Crippen LogP contribution in [0.1, 0.15) is 10.4 Å². The van der Waals surface area contributed by atoms with Crippen LogP contribution in [0.4, 0.5) is 15.9 Å². The number of amides is 1. The highest BCUT2D eigenvalue weighted by Gasteiger charge is 2.29. The highest BCUT2D eigenvalue weighted by molar-refractivity contribution is 7.89. The molecule has 0 bridgehead atoms. The maximum absolute atomic E-state index is 13.1. The molecule has 1 aliphatic rings. The van der Waals surface area contributed by atoms with Gasteiger partial charge in [0.15, 0.2) is 5.82 Å². The molecule has 0 spiro atoms. The van der Waals surface area contributed by atoms with Crippen LogP contribution in [-0.4, -0.2) is 54.6 Å². The number of anilines is 2. The predicted molar refractivity (Wildman–Crippen MR) is 115 cm³/mol. The van der Waals surface area contributed by atoms with E-state index >= 15 is 0 Å². The Balaban J connectivity index is 1.46. The van der Waals surface area contributed by atoms with E-state index in [1.54, 1.807) is 48.3 Å². The second kappa shape index (κ2) is 8.48. The van der Waals surface area contributed by atoms with Crippen LogP contribution in [0.2, 0.25) is 0 Å². The smallest absolute Gasteiger partial charge is 0.256 e. The number of nitrogens with zero attached hydrogens (tertiary/aromatic N) is 4. The van der Waals surface area contributed by atoms with Gasteiger partial charge in [-0.15, -0.1) is 0 Å². The van der Waals surface area contributed by atoms with Crippen molar-refractivity contribution in [3.05, 3.63) is 72.2 Å². The Bertz CT molecular complexity index is 1190. The third-order valence-corrected chi connectivity index (χ3v) is 7.01. The third-order valence-electron chi connectivity index (χ3n) is 5.12. The number of rotatable bonds is 5. The molecule has 0 aliphatic carbocycles. The largest absolute Gasteiger partial charge is 0.369 e. The summed E-state index contributed by atoms with van der Waals surface area (Å²) in [7, 11) is -2.02. The quantitative estimate of drug-likeness (QED) is 0.654. The average Bonchev–Trinajstić information content (AvgIpc) is 3.19. The molecule has 2 heterocycles. The number of aryl methyl sites for hydroxylation is 1. The van der Waals surface area contributed by atoms with Crippen molar-refractivity contribution in [3.8, 4) is 0 Å². The van der Waals surface area contributed by atoms with E-state index in [9.17, 15) is 17.6 Å². The number of aromatic nitrogens is 2. The summed E-state index contributed by atoms with van der Waals surface area (Å²) in [5.41, 5.74) is 1.09. The Labute approximate surface area is 179 Å². The molecule has 1 fully saturated rings. The Morgan fingerprint density at radius 3 is 2.39 bits per heavy atom. The SMILES string of the molecule is Cn1ccc(NC(=O)c2cccc(S(=O)(=O)N3CCN(c4ccc(F)cc4)CC3)c2)n1. The van der Waals surface area contributed by atoms with E-state index in [1.807, 2.05) is 4.90 Å². The van der Waals surface area contributed by atoms with Gasteiger partial charge in [0.1, 0.15) is 5.82 Å². The Morgan fingerprint density at radius 1 is 1.03 bits per heavy atom. The van der Waals surface area contributed by atoms with E-state index in [1.165, 1.54) is 28.6 Å². The molecule has 1 saturated heterocycles. The van der Waals surface area contributed by atoms with Gasteiger partial charge in [0, 0.05) is 56.7 Å². The fourth-order valence-electron chi connectivity index (χ4n) is 3.46. The lowest BCUT2D eigenvalue weighted by Crippen LogP contribution is -2.48. The molecular formula is C21H22FN5O3S. The first-order valence-corrected chi connectivity index (χ1v) is 11.2. The Kier molecular flexibility index (Phi) is 5.75. The number of sulfonamides is 1. The zero-order valence-electron chi connectivity index (χ0n) is 16.9. The highest BCUT2D eigenvalue weighted by Crippen LogP contribution is 2.22. The van der Waals surface area contributed by atoms with Gasteiger partial charge in [-0.1, -0.05) is 6.07 Å². The van der Waals surface area contributed by atoms with Crippen LogP contribution < -0.4 is 10.2 Å². The first-order chi connectivity index (χ1) is 14.8. The van der Waals surface area contributed by atoms with E-state index in [0.717, 1.165) is 5.69 Å². The number of hydrogen-bond acceptors (Lipinski definition) is 5. The molecule has 10 heteroatoms. The highest BCUT2D eigenvalue weighted by atomic mass is 32.2. The monoisotopic (exact) mass is 443 g/mol. The molecule has 0 unspecified atom stereocenters. The summed E-state index contributed by atoms with van der Waals surface area (Å²) in [6, 6.07) is 13.8. The van der Waals surface area contributed by atoms with Crippen LogP contribution in [0.3, 0.4) is 0 Å². The van der Waals surface area contributed by atoms with Crippen LogP contribution in [0.15, 0.2) is 65.7 Å². The van der Waals surface area contributed by atoms with E-state index in [0.29, 0.717) is 32.0 Å². The number of nitrogens with one attached hydrogen (secondary N) is 1. The van der Waals surface area contributed by atoms with Gasteiger partial charge in [0.2, 0.25) is 10.0 Å². The zero-order chi connectivity index (χ0) is 22.0. The lowest BCUT2D eigenvalue weighted by atomic mass is 10.2. The second-order valence-electron chi connectivity index (χ2n) is 7.22. The van der Waals surface area contributed by atoms with Crippen molar-refractivity contribution in [3.63, 3.8) is 0 Å². The van der Waals surface area contributed by atoms with Gasteiger partial charge < -0.3 is 10.2 Å². The molecule has 0 radical (unpaired) electrons. The molecule has 1 aliphatic heterocycles. The van der Waals surface area contributed by atoms with Crippen molar-refractivity contribution < 1.29 is 17.6 Å². The van der Waals surface area contributed by atoms with Gasteiger partial charge in [-0.05, 0) is 42.5 Å². The molecule has 1 aromatic heterocycles.